The number of ketones is 1. The molecule has 0 saturated carbocycles. The van der Waals surface area contributed by atoms with Crippen LogP contribution in [-0.2, 0) is 0 Å². The van der Waals surface area contributed by atoms with E-state index in [0.29, 0.717) is 11.3 Å². The van der Waals surface area contributed by atoms with E-state index in [9.17, 15) is 9.90 Å². The summed E-state index contributed by atoms with van der Waals surface area (Å²) in [6.07, 6.45) is 0. The third kappa shape index (κ3) is 1.74. The van der Waals surface area contributed by atoms with Gasteiger partial charge in [0.15, 0.2) is 5.95 Å². The van der Waals surface area contributed by atoms with Crippen LogP contribution in [0, 0.1) is 11.3 Å². The third-order valence-corrected chi connectivity index (χ3v) is 2.20. The molecule has 6 heteroatoms. The molecule has 1 heterocycles. The molecule has 0 unspecified atom stereocenters. The monoisotopic (exact) mass is 229 g/mol. The highest BCUT2D eigenvalue weighted by Gasteiger charge is 2.26. The molecule has 0 aliphatic heterocycles. The van der Waals surface area contributed by atoms with Gasteiger partial charge in [-0.3, -0.25) is 4.79 Å². The van der Waals surface area contributed by atoms with Crippen molar-refractivity contribution in [3.63, 3.8) is 0 Å². The number of rotatable bonds is 2. The van der Waals surface area contributed by atoms with Crippen molar-refractivity contribution in [2.24, 2.45) is 0 Å². The van der Waals surface area contributed by atoms with Crippen molar-refractivity contribution in [2.75, 3.05) is 0 Å². The van der Waals surface area contributed by atoms with Gasteiger partial charge in [-0.05, 0) is 10.7 Å². The smallest absolute Gasteiger partial charge is 0.305 e. The lowest BCUT2D eigenvalue weighted by Crippen LogP contribution is -2.39. The molecule has 0 spiro atoms. The summed E-state index contributed by atoms with van der Waals surface area (Å²) in [6, 6.07) is 8.44. The van der Waals surface area contributed by atoms with Crippen LogP contribution in [0.1, 0.15) is 23.0 Å². The van der Waals surface area contributed by atoms with Gasteiger partial charge < -0.3 is 9.63 Å². The first-order valence-corrected chi connectivity index (χ1v) is 4.74. The van der Waals surface area contributed by atoms with E-state index < -0.39 is 11.7 Å². The summed E-state index contributed by atoms with van der Waals surface area (Å²) >= 11 is 0. The highest BCUT2D eigenvalue weighted by Crippen LogP contribution is 2.13. The van der Waals surface area contributed by atoms with E-state index in [0.717, 1.165) is 4.68 Å². The molecule has 17 heavy (non-hydrogen) atoms. The molecule has 1 aromatic heterocycles. The van der Waals surface area contributed by atoms with E-state index in [4.69, 9.17) is 5.26 Å². The highest BCUT2D eigenvalue weighted by atomic mass is 16.6. The fraction of sp³-hybridized carbons (Fsp3) is 0.0909. The summed E-state index contributed by atoms with van der Waals surface area (Å²) in [5, 5.41) is 23.7. The fourth-order valence-electron chi connectivity index (χ4n) is 1.46. The minimum Gasteiger partial charge on any atom is -0.539 e. The molecule has 0 atom stereocenters. The molecule has 0 radical (unpaired) electrons. The number of carbonyl (C=O) groups excluding carboxylic acids is 1. The molecule has 2 rings (SSSR count). The van der Waals surface area contributed by atoms with Crippen LogP contribution in [0.25, 0.3) is 5.69 Å². The molecule has 0 aliphatic rings. The molecule has 6 nitrogen and oxygen atoms in total. The predicted molar refractivity (Wildman–Crippen MR) is 52.2 cm³/mol. The number of aromatic nitrogens is 2. The SMILES string of the molecule is CC(=O)c1c([O-])on[n+]1-c1ccccc1C#N. The second-order valence-corrected chi connectivity index (χ2v) is 3.31. The lowest BCUT2D eigenvalue weighted by molar-refractivity contribution is -0.672. The molecule has 0 saturated heterocycles. The maximum absolute atomic E-state index is 11.3. The second kappa shape index (κ2) is 4.06. The standard InChI is InChI=1S/C11H7N3O3/c1-7(15)10-11(16)17-13-14(10)9-5-3-2-4-8(9)6-12/h2-5H,1H3. The molecule has 0 aliphatic carbocycles. The summed E-state index contributed by atoms with van der Waals surface area (Å²) in [6.45, 7) is 1.24. The van der Waals surface area contributed by atoms with Crippen LogP contribution in [0.2, 0.25) is 0 Å². The Morgan fingerprint density at radius 3 is 2.88 bits per heavy atom. The molecule has 2 aromatic rings. The summed E-state index contributed by atoms with van der Waals surface area (Å²) in [5.74, 6) is -1.28. The van der Waals surface area contributed by atoms with Crippen molar-refractivity contribution in [3.05, 3.63) is 35.5 Å². The molecule has 0 N–H and O–H groups in total. The molecule has 1 aromatic carbocycles. The van der Waals surface area contributed by atoms with E-state index in [-0.39, 0.29) is 5.69 Å². The minimum absolute atomic E-state index is 0.201. The Hall–Kier alpha value is -2.68. The molecule has 0 amide bonds. The van der Waals surface area contributed by atoms with Gasteiger partial charge in [0.2, 0.25) is 5.78 Å². The number of benzene rings is 1. The number of hydrogen-bond acceptors (Lipinski definition) is 5. The zero-order valence-electron chi connectivity index (χ0n) is 8.88. The van der Waals surface area contributed by atoms with Gasteiger partial charge >= 0.3 is 5.69 Å². The predicted octanol–water partition coefficient (Wildman–Crippen LogP) is 0.0992. The summed E-state index contributed by atoms with van der Waals surface area (Å²) < 4.78 is 5.48. The van der Waals surface area contributed by atoms with Crippen molar-refractivity contribution in [1.29, 1.82) is 5.26 Å². The van der Waals surface area contributed by atoms with E-state index in [1.807, 2.05) is 6.07 Å². The lowest BCUT2D eigenvalue weighted by atomic mass is 10.2. The molecule has 0 bridgehead atoms. The quantitative estimate of drug-likeness (QED) is 0.537. The van der Waals surface area contributed by atoms with Crippen LogP contribution in [0.15, 0.2) is 28.8 Å². The number of carbonyl (C=O) groups is 1. The summed E-state index contributed by atoms with van der Waals surface area (Å²) in [5.41, 5.74) is 0.437. The van der Waals surface area contributed by atoms with Crippen molar-refractivity contribution < 1.29 is 19.1 Å². The first-order chi connectivity index (χ1) is 8.15. The Kier molecular flexibility index (Phi) is 2.58. The van der Waals surface area contributed by atoms with E-state index in [1.54, 1.807) is 24.3 Å². The molecule has 84 valence electrons. The minimum atomic E-state index is -0.815. The van der Waals surface area contributed by atoms with Gasteiger partial charge in [-0.15, -0.1) is 0 Å². The van der Waals surface area contributed by atoms with Crippen LogP contribution in [-0.4, -0.2) is 11.1 Å². The van der Waals surface area contributed by atoms with E-state index in [2.05, 4.69) is 9.79 Å². The van der Waals surface area contributed by atoms with Crippen molar-refractivity contribution >= 4 is 5.78 Å². The second-order valence-electron chi connectivity index (χ2n) is 3.31. The Labute approximate surface area is 96.3 Å². The van der Waals surface area contributed by atoms with Crippen LogP contribution in [0.4, 0.5) is 0 Å². The van der Waals surface area contributed by atoms with Gasteiger partial charge in [-0.1, -0.05) is 12.1 Å². The zero-order chi connectivity index (χ0) is 12.4. The maximum atomic E-state index is 11.3. The van der Waals surface area contributed by atoms with Crippen molar-refractivity contribution in [2.45, 2.75) is 6.92 Å². The van der Waals surface area contributed by atoms with Gasteiger partial charge in [0, 0.05) is 13.0 Å². The van der Waals surface area contributed by atoms with Gasteiger partial charge in [0.1, 0.15) is 11.6 Å². The van der Waals surface area contributed by atoms with E-state index >= 15 is 0 Å². The van der Waals surface area contributed by atoms with E-state index in [1.165, 1.54) is 6.92 Å². The van der Waals surface area contributed by atoms with Gasteiger partial charge in [0.05, 0.1) is 5.27 Å². The number of nitriles is 1. The Morgan fingerprint density at radius 2 is 2.24 bits per heavy atom. The first kappa shape index (κ1) is 10.8. The van der Waals surface area contributed by atoms with Crippen molar-refractivity contribution in [3.8, 4) is 17.7 Å². The van der Waals surface area contributed by atoms with Gasteiger partial charge in [-0.2, -0.15) is 5.26 Å². The molecular weight excluding hydrogens is 222 g/mol. The topological polar surface area (TPSA) is 93.8 Å². The average molecular weight is 229 g/mol. The zero-order valence-corrected chi connectivity index (χ0v) is 8.88. The largest absolute Gasteiger partial charge is 0.539 e. The number of hydrogen-bond donors (Lipinski definition) is 0. The fourth-order valence-corrected chi connectivity index (χ4v) is 1.46. The Balaban J connectivity index is 2.70. The lowest BCUT2D eigenvalue weighted by Gasteiger charge is -1.95. The maximum Gasteiger partial charge on any atom is 0.305 e. The molecular formula is C11H7N3O3. The van der Waals surface area contributed by atoms with Crippen LogP contribution in [0.5, 0.6) is 5.95 Å². The molecule has 0 fully saturated rings. The number of para-hydroxylation sites is 1. The number of Topliss-reactive ketones (excluding diaryl/α,β-unsaturated/α-hetero) is 1. The van der Waals surface area contributed by atoms with Crippen LogP contribution >= 0.6 is 0 Å². The summed E-state index contributed by atoms with van der Waals surface area (Å²) in [4.78, 5) is 11.3. The summed E-state index contributed by atoms with van der Waals surface area (Å²) in [7, 11) is 0. The number of nitrogens with zero attached hydrogens (tertiary/aromatic N) is 3. The normalized spacial score (nSPS) is 9.88. The van der Waals surface area contributed by atoms with Crippen LogP contribution in [0.3, 0.4) is 0 Å². The first-order valence-electron chi connectivity index (χ1n) is 4.74. The Morgan fingerprint density at radius 1 is 1.53 bits per heavy atom. The van der Waals surface area contributed by atoms with Crippen LogP contribution < -0.4 is 9.79 Å². The van der Waals surface area contributed by atoms with Gasteiger partial charge in [-0.25, -0.2) is 0 Å². The Bertz CT molecular complexity index is 625. The highest BCUT2D eigenvalue weighted by molar-refractivity contribution is 5.92. The van der Waals surface area contributed by atoms with Crippen molar-refractivity contribution in [1.82, 2.24) is 5.27 Å². The van der Waals surface area contributed by atoms with Gasteiger partial charge in [0.25, 0.3) is 5.69 Å². The third-order valence-electron chi connectivity index (χ3n) is 2.20. The average Bonchev–Trinajstić information content (AvgIpc) is 2.71.